The van der Waals surface area contributed by atoms with Crippen LogP contribution in [0.5, 0.6) is 0 Å². The highest BCUT2D eigenvalue weighted by molar-refractivity contribution is 5.81. The molecule has 6 nitrogen and oxygen atoms in total. The average molecular weight is 388 g/mol. The van der Waals surface area contributed by atoms with E-state index in [1.807, 2.05) is 13.1 Å². The third-order valence-electron chi connectivity index (χ3n) is 6.39. The van der Waals surface area contributed by atoms with Crippen LogP contribution in [0.15, 0.2) is 18.3 Å². The maximum absolute atomic E-state index is 12.5. The van der Waals surface area contributed by atoms with Crippen LogP contribution in [0.1, 0.15) is 52.0 Å². The molecule has 0 unspecified atom stereocenters. The first-order chi connectivity index (χ1) is 13.4. The Hall–Kier alpha value is -1.66. The molecule has 1 saturated carbocycles. The summed E-state index contributed by atoms with van der Waals surface area (Å²) in [4.78, 5) is 24.1. The molecule has 2 aliphatic rings. The highest BCUT2D eigenvalue weighted by Crippen LogP contribution is 2.18. The minimum atomic E-state index is -0.0322. The number of amides is 1. The zero-order chi connectivity index (χ0) is 20.1. The van der Waals surface area contributed by atoms with E-state index >= 15 is 0 Å². The third-order valence-corrected chi connectivity index (χ3v) is 6.39. The molecule has 1 aromatic rings. The van der Waals surface area contributed by atoms with E-state index in [0.29, 0.717) is 12.1 Å². The minimum absolute atomic E-state index is 0.0322. The molecule has 0 bridgehead atoms. The molecule has 0 radical (unpaired) electrons. The van der Waals surface area contributed by atoms with Crippen molar-refractivity contribution in [3.63, 3.8) is 0 Å². The summed E-state index contributed by atoms with van der Waals surface area (Å²) in [5.41, 5.74) is 1.25. The minimum Gasteiger partial charge on any atom is -0.357 e. The van der Waals surface area contributed by atoms with Gasteiger partial charge in [-0.05, 0) is 45.2 Å². The lowest BCUT2D eigenvalue weighted by molar-refractivity contribution is -0.127. The summed E-state index contributed by atoms with van der Waals surface area (Å²) in [5, 5.41) is 3.24. The van der Waals surface area contributed by atoms with Gasteiger partial charge in [-0.15, -0.1) is 0 Å². The second kappa shape index (κ2) is 9.70. The van der Waals surface area contributed by atoms with Crippen molar-refractivity contribution in [1.29, 1.82) is 0 Å². The van der Waals surface area contributed by atoms with E-state index in [9.17, 15) is 4.79 Å². The molecule has 156 valence electrons. The lowest BCUT2D eigenvalue weighted by atomic mass is 10.1. The number of piperazine rings is 1. The van der Waals surface area contributed by atoms with Crippen LogP contribution < -0.4 is 10.2 Å². The smallest absolute Gasteiger partial charge is 0.237 e. The van der Waals surface area contributed by atoms with Crippen LogP contribution in [0.25, 0.3) is 0 Å². The fraction of sp³-hybridized carbons (Fsp3) is 0.727. The lowest BCUT2D eigenvalue weighted by Crippen LogP contribution is -2.54. The number of nitrogens with zero attached hydrogens (tertiary/aromatic N) is 4. The first kappa shape index (κ1) is 21.1. The largest absolute Gasteiger partial charge is 0.357 e. The van der Waals surface area contributed by atoms with Crippen LogP contribution >= 0.6 is 0 Å². The number of rotatable bonds is 7. The van der Waals surface area contributed by atoms with Crippen molar-refractivity contribution in [2.45, 2.75) is 71.1 Å². The van der Waals surface area contributed by atoms with Crippen molar-refractivity contribution >= 4 is 11.7 Å². The summed E-state index contributed by atoms with van der Waals surface area (Å²) in [5.74, 6) is 1.22. The van der Waals surface area contributed by atoms with Gasteiger partial charge in [0, 0.05) is 58.1 Å². The molecule has 1 aliphatic heterocycles. The Bertz CT molecular complexity index is 618. The van der Waals surface area contributed by atoms with E-state index in [1.54, 1.807) is 0 Å². The highest BCUT2D eigenvalue weighted by Gasteiger charge is 2.27. The van der Waals surface area contributed by atoms with E-state index in [2.05, 4.69) is 58.0 Å². The van der Waals surface area contributed by atoms with Crippen molar-refractivity contribution < 1.29 is 4.79 Å². The number of hydrogen-bond donors (Lipinski definition) is 1. The Kier molecular flexibility index (Phi) is 7.30. The standard InChI is InChI=1S/C22H37N5O/c1-17(2)25(4)21-10-9-19(15-23-21)16-26-11-13-27(14-12-26)18(3)22(28)24-20-7-5-6-8-20/h9-10,15,17-18,20H,5-8,11-14,16H2,1-4H3,(H,24,28)/t18-/m0/s1. The summed E-state index contributed by atoms with van der Waals surface area (Å²) < 4.78 is 0. The molecule has 2 heterocycles. The fourth-order valence-corrected chi connectivity index (χ4v) is 4.11. The first-order valence-corrected chi connectivity index (χ1v) is 10.9. The Balaban J connectivity index is 1.44. The maximum Gasteiger partial charge on any atom is 0.237 e. The molecular weight excluding hydrogens is 350 g/mol. The topological polar surface area (TPSA) is 51.7 Å². The number of nitrogens with one attached hydrogen (secondary N) is 1. The molecular formula is C22H37N5O. The molecule has 0 spiro atoms. The summed E-state index contributed by atoms with van der Waals surface area (Å²) in [7, 11) is 2.08. The quantitative estimate of drug-likeness (QED) is 0.779. The van der Waals surface area contributed by atoms with Crippen molar-refractivity contribution in [2.24, 2.45) is 0 Å². The molecule has 2 fully saturated rings. The molecule has 3 rings (SSSR count). The van der Waals surface area contributed by atoms with Crippen molar-refractivity contribution in [1.82, 2.24) is 20.1 Å². The van der Waals surface area contributed by atoms with Crippen LogP contribution in [0.3, 0.4) is 0 Å². The number of carbonyl (C=O) groups is 1. The molecule has 0 aromatic carbocycles. The number of hydrogen-bond acceptors (Lipinski definition) is 5. The zero-order valence-corrected chi connectivity index (χ0v) is 18.0. The number of anilines is 1. The van der Waals surface area contributed by atoms with Crippen LogP contribution in [0.4, 0.5) is 5.82 Å². The Morgan fingerprint density at radius 1 is 1.18 bits per heavy atom. The van der Waals surface area contributed by atoms with E-state index < -0.39 is 0 Å². The lowest BCUT2D eigenvalue weighted by Gasteiger charge is -2.37. The summed E-state index contributed by atoms with van der Waals surface area (Å²) in [6, 6.07) is 5.11. The number of pyridine rings is 1. The third kappa shape index (κ3) is 5.45. The molecule has 28 heavy (non-hydrogen) atoms. The van der Waals surface area contributed by atoms with E-state index in [4.69, 9.17) is 0 Å². The average Bonchev–Trinajstić information content (AvgIpc) is 3.21. The fourth-order valence-electron chi connectivity index (χ4n) is 4.11. The van der Waals surface area contributed by atoms with Crippen LogP contribution in [-0.2, 0) is 11.3 Å². The van der Waals surface area contributed by atoms with Gasteiger partial charge < -0.3 is 10.2 Å². The van der Waals surface area contributed by atoms with Gasteiger partial charge in [0.25, 0.3) is 0 Å². The van der Waals surface area contributed by atoms with Crippen LogP contribution in [0, 0.1) is 0 Å². The molecule has 6 heteroatoms. The predicted octanol–water partition coefficient (Wildman–Crippen LogP) is 2.49. The molecule has 1 amide bonds. The van der Waals surface area contributed by atoms with Gasteiger partial charge in [-0.3, -0.25) is 14.6 Å². The molecule has 1 saturated heterocycles. The number of carbonyl (C=O) groups excluding carboxylic acids is 1. The number of aromatic nitrogens is 1. The van der Waals surface area contributed by atoms with E-state index in [1.165, 1.54) is 18.4 Å². The van der Waals surface area contributed by atoms with Crippen molar-refractivity contribution in [2.75, 3.05) is 38.1 Å². The Morgan fingerprint density at radius 2 is 1.86 bits per heavy atom. The van der Waals surface area contributed by atoms with Gasteiger partial charge in [-0.25, -0.2) is 4.98 Å². The van der Waals surface area contributed by atoms with Gasteiger partial charge in [0.2, 0.25) is 5.91 Å². The predicted molar refractivity (Wildman–Crippen MR) is 114 cm³/mol. The second-order valence-corrected chi connectivity index (χ2v) is 8.71. The molecule has 1 N–H and O–H groups in total. The highest BCUT2D eigenvalue weighted by atomic mass is 16.2. The van der Waals surface area contributed by atoms with Gasteiger partial charge in [0.05, 0.1) is 6.04 Å². The van der Waals surface area contributed by atoms with Gasteiger partial charge >= 0.3 is 0 Å². The normalized spacial score (nSPS) is 20.5. The summed E-state index contributed by atoms with van der Waals surface area (Å²) >= 11 is 0. The van der Waals surface area contributed by atoms with E-state index in [-0.39, 0.29) is 11.9 Å². The van der Waals surface area contributed by atoms with Crippen LogP contribution in [0.2, 0.25) is 0 Å². The van der Waals surface area contributed by atoms with Gasteiger partial charge in [0.15, 0.2) is 0 Å². The summed E-state index contributed by atoms with van der Waals surface area (Å²) in [6.07, 6.45) is 6.79. The van der Waals surface area contributed by atoms with Gasteiger partial charge in [0.1, 0.15) is 5.82 Å². The first-order valence-electron chi connectivity index (χ1n) is 10.9. The van der Waals surface area contributed by atoms with Gasteiger partial charge in [-0.1, -0.05) is 18.9 Å². The Labute approximate surface area is 170 Å². The SMILES string of the molecule is CC(C)N(C)c1ccc(CN2CCN([C@@H](C)C(=O)NC3CCCC3)CC2)cn1. The van der Waals surface area contributed by atoms with Crippen molar-refractivity contribution in [3.05, 3.63) is 23.9 Å². The van der Waals surface area contributed by atoms with Gasteiger partial charge in [-0.2, -0.15) is 0 Å². The maximum atomic E-state index is 12.5. The molecule has 1 atom stereocenters. The van der Waals surface area contributed by atoms with E-state index in [0.717, 1.165) is 51.4 Å². The molecule has 1 aromatic heterocycles. The monoisotopic (exact) mass is 387 g/mol. The summed E-state index contributed by atoms with van der Waals surface area (Å²) in [6.45, 7) is 11.2. The molecule has 1 aliphatic carbocycles. The Morgan fingerprint density at radius 3 is 2.43 bits per heavy atom. The second-order valence-electron chi connectivity index (χ2n) is 8.71. The van der Waals surface area contributed by atoms with Crippen molar-refractivity contribution in [3.8, 4) is 0 Å². The van der Waals surface area contributed by atoms with Crippen LogP contribution in [-0.4, -0.2) is 72.0 Å². The zero-order valence-electron chi connectivity index (χ0n) is 18.0.